The third-order valence-electron chi connectivity index (χ3n) is 1.62. The van der Waals surface area contributed by atoms with Crippen LogP contribution in [0.5, 0.6) is 0 Å². The van der Waals surface area contributed by atoms with Crippen molar-refractivity contribution in [1.82, 2.24) is 4.90 Å². The molecule has 1 aliphatic rings. The third-order valence-corrected chi connectivity index (χ3v) is 1.62. The van der Waals surface area contributed by atoms with Crippen LogP contribution in [0.3, 0.4) is 0 Å². The molecule has 2 nitrogen and oxygen atoms in total. The molecule has 0 aromatic carbocycles. The zero-order chi connectivity index (χ0) is 6.69. The van der Waals surface area contributed by atoms with Crippen LogP contribution in [0.2, 0.25) is 0 Å². The fourth-order valence-electron chi connectivity index (χ4n) is 0.882. The highest BCUT2D eigenvalue weighted by atomic mass is 16.1. The second kappa shape index (κ2) is 2.67. The van der Waals surface area contributed by atoms with Crippen LogP contribution in [0.15, 0.2) is 11.6 Å². The summed E-state index contributed by atoms with van der Waals surface area (Å²) in [6.07, 6.45) is 4.04. The Balaban J connectivity index is 2.45. The summed E-state index contributed by atoms with van der Waals surface area (Å²) in [5.41, 5.74) is 1.40. The molecule has 0 saturated carbocycles. The number of carbonyl (C=O) groups is 1. The predicted octanol–water partition coefficient (Wildman–Crippen LogP) is 0.795. The Hall–Kier alpha value is -0.790. The number of hydrogen-bond donors (Lipinski definition) is 0. The van der Waals surface area contributed by atoms with E-state index in [1.165, 1.54) is 5.57 Å². The van der Waals surface area contributed by atoms with Gasteiger partial charge < -0.3 is 4.90 Å². The van der Waals surface area contributed by atoms with E-state index in [1.54, 1.807) is 4.90 Å². The molecule has 0 N–H and O–H groups in total. The van der Waals surface area contributed by atoms with Crippen molar-refractivity contribution in [2.24, 2.45) is 0 Å². The maximum Gasteiger partial charge on any atom is 0.209 e. The quantitative estimate of drug-likeness (QED) is 0.375. The highest BCUT2D eigenvalue weighted by Crippen LogP contribution is 2.06. The van der Waals surface area contributed by atoms with Crippen molar-refractivity contribution in [2.45, 2.75) is 13.3 Å². The van der Waals surface area contributed by atoms with Crippen LogP contribution in [0, 0.1) is 0 Å². The number of amides is 1. The molecule has 0 bridgehead atoms. The Bertz CT molecular complexity index is 140. The maximum absolute atomic E-state index is 10.2. The maximum atomic E-state index is 10.2. The summed E-state index contributed by atoms with van der Waals surface area (Å²) in [6.45, 7) is 3.79. The summed E-state index contributed by atoms with van der Waals surface area (Å²) >= 11 is 0. The van der Waals surface area contributed by atoms with E-state index in [2.05, 4.69) is 13.0 Å². The van der Waals surface area contributed by atoms with Gasteiger partial charge in [-0.2, -0.15) is 0 Å². The largest absolute Gasteiger partial charge is 0.341 e. The Morgan fingerprint density at radius 3 is 3.00 bits per heavy atom. The van der Waals surface area contributed by atoms with Crippen molar-refractivity contribution in [3.63, 3.8) is 0 Å². The molecule has 0 saturated heterocycles. The van der Waals surface area contributed by atoms with Crippen molar-refractivity contribution < 1.29 is 4.79 Å². The van der Waals surface area contributed by atoms with Gasteiger partial charge in [-0.3, -0.25) is 4.79 Å². The molecule has 0 aromatic heterocycles. The smallest absolute Gasteiger partial charge is 0.209 e. The lowest BCUT2D eigenvalue weighted by Gasteiger charge is -2.20. The van der Waals surface area contributed by atoms with Crippen molar-refractivity contribution in [2.75, 3.05) is 13.1 Å². The van der Waals surface area contributed by atoms with Gasteiger partial charge in [-0.1, -0.05) is 11.6 Å². The van der Waals surface area contributed by atoms with Crippen LogP contribution in [0.1, 0.15) is 13.3 Å². The Kier molecular flexibility index (Phi) is 1.88. The average molecular weight is 125 g/mol. The zero-order valence-corrected chi connectivity index (χ0v) is 5.63. The number of hydrogen-bond acceptors (Lipinski definition) is 1. The molecule has 0 atom stereocenters. The molecule has 1 rings (SSSR count). The summed E-state index contributed by atoms with van der Waals surface area (Å²) in [6, 6.07) is 0. The van der Waals surface area contributed by atoms with Crippen molar-refractivity contribution in [3.05, 3.63) is 11.6 Å². The fourth-order valence-corrected chi connectivity index (χ4v) is 0.882. The topological polar surface area (TPSA) is 20.3 Å². The predicted molar refractivity (Wildman–Crippen MR) is 36.0 cm³/mol. The summed E-state index contributed by atoms with van der Waals surface area (Å²) in [5, 5.41) is 0. The van der Waals surface area contributed by atoms with E-state index in [0.717, 1.165) is 25.9 Å². The Morgan fingerprint density at radius 2 is 2.56 bits per heavy atom. The van der Waals surface area contributed by atoms with Gasteiger partial charge in [0.15, 0.2) is 0 Å². The molecule has 0 unspecified atom stereocenters. The van der Waals surface area contributed by atoms with Gasteiger partial charge in [0.25, 0.3) is 0 Å². The van der Waals surface area contributed by atoms with Gasteiger partial charge in [0.1, 0.15) is 0 Å². The van der Waals surface area contributed by atoms with E-state index >= 15 is 0 Å². The van der Waals surface area contributed by atoms with Gasteiger partial charge in [-0.05, 0) is 13.3 Å². The first kappa shape index (κ1) is 6.33. The van der Waals surface area contributed by atoms with Crippen molar-refractivity contribution in [1.29, 1.82) is 0 Å². The SMILES string of the molecule is CC1=CCN(C=O)CC1. The summed E-state index contributed by atoms with van der Waals surface area (Å²) in [7, 11) is 0. The number of rotatable bonds is 1. The van der Waals surface area contributed by atoms with Gasteiger partial charge in [0.05, 0.1) is 0 Å². The molecular formula is C7H11NO. The normalized spacial score (nSPS) is 19.2. The Labute approximate surface area is 55.2 Å². The minimum Gasteiger partial charge on any atom is -0.341 e. The molecule has 0 aliphatic carbocycles. The summed E-state index contributed by atoms with van der Waals surface area (Å²) in [5.74, 6) is 0. The fraction of sp³-hybridized carbons (Fsp3) is 0.571. The van der Waals surface area contributed by atoms with Crippen LogP contribution < -0.4 is 0 Å². The average Bonchev–Trinajstić information content (AvgIpc) is 1.90. The van der Waals surface area contributed by atoms with Crippen LogP contribution in [0.4, 0.5) is 0 Å². The molecule has 1 heterocycles. The monoisotopic (exact) mass is 125 g/mol. The first-order chi connectivity index (χ1) is 4.33. The highest BCUT2D eigenvalue weighted by molar-refractivity contribution is 5.48. The number of nitrogens with zero attached hydrogens (tertiary/aromatic N) is 1. The molecule has 2 heteroatoms. The standard InChI is InChI=1S/C7H11NO/c1-7-2-4-8(6-9)5-3-7/h2,6H,3-5H2,1H3. The second-order valence-corrected chi connectivity index (χ2v) is 2.40. The van der Waals surface area contributed by atoms with E-state index in [-0.39, 0.29) is 0 Å². The van der Waals surface area contributed by atoms with E-state index < -0.39 is 0 Å². The van der Waals surface area contributed by atoms with Gasteiger partial charge >= 0.3 is 0 Å². The first-order valence-corrected chi connectivity index (χ1v) is 3.18. The van der Waals surface area contributed by atoms with Crippen molar-refractivity contribution >= 4 is 6.41 Å². The Morgan fingerprint density at radius 1 is 1.78 bits per heavy atom. The van der Waals surface area contributed by atoms with Gasteiger partial charge in [0, 0.05) is 13.1 Å². The molecule has 0 aromatic rings. The lowest BCUT2D eigenvalue weighted by molar-refractivity contribution is -0.117. The van der Waals surface area contributed by atoms with Crippen LogP contribution in [-0.4, -0.2) is 24.4 Å². The summed E-state index contributed by atoms with van der Waals surface area (Å²) < 4.78 is 0. The molecule has 0 radical (unpaired) electrons. The number of carbonyl (C=O) groups excluding carboxylic acids is 1. The first-order valence-electron chi connectivity index (χ1n) is 3.18. The van der Waals surface area contributed by atoms with Gasteiger partial charge in [-0.15, -0.1) is 0 Å². The molecule has 1 aliphatic heterocycles. The molecular weight excluding hydrogens is 114 g/mol. The minimum absolute atomic E-state index is 0.801. The van der Waals surface area contributed by atoms with E-state index in [4.69, 9.17) is 0 Å². The third kappa shape index (κ3) is 1.56. The molecule has 0 spiro atoms. The van der Waals surface area contributed by atoms with Crippen LogP contribution in [0.25, 0.3) is 0 Å². The lowest BCUT2D eigenvalue weighted by atomic mass is 10.1. The molecule has 1 amide bonds. The molecule has 50 valence electrons. The molecule has 9 heavy (non-hydrogen) atoms. The van der Waals surface area contributed by atoms with E-state index in [9.17, 15) is 4.79 Å². The highest BCUT2D eigenvalue weighted by Gasteiger charge is 2.04. The van der Waals surface area contributed by atoms with E-state index in [1.807, 2.05) is 0 Å². The van der Waals surface area contributed by atoms with Crippen LogP contribution in [-0.2, 0) is 4.79 Å². The summed E-state index contributed by atoms with van der Waals surface area (Å²) in [4.78, 5) is 11.9. The lowest BCUT2D eigenvalue weighted by Crippen LogP contribution is -2.26. The van der Waals surface area contributed by atoms with Crippen molar-refractivity contribution in [3.8, 4) is 0 Å². The van der Waals surface area contributed by atoms with E-state index in [0.29, 0.717) is 0 Å². The van der Waals surface area contributed by atoms with Gasteiger partial charge in [-0.25, -0.2) is 0 Å². The van der Waals surface area contributed by atoms with Crippen LogP contribution >= 0.6 is 0 Å². The zero-order valence-electron chi connectivity index (χ0n) is 5.63. The van der Waals surface area contributed by atoms with Gasteiger partial charge in [0.2, 0.25) is 6.41 Å². The minimum atomic E-state index is 0.801. The molecule has 0 fully saturated rings. The second-order valence-electron chi connectivity index (χ2n) is 2.40.